The first-order valence-corrected chi connectivity index (χ1v) is 7.31. The van der Waals surface area contributed by atoms with Crippen LogP contribution in [0.2, 0.25) is 0 Å². The number of aryl methyl sites for hydroxylation is 1. The van der Waals surface area contributed by atoms with Crippen molar-refractivity contribution in [1.29, 1.82) is 0 Å². The van der Waals surface area contributed by atoms with Crippen LogP contribution in [0.1, 0.15) is 5.56 Å². The van der Waals surface area contributed by atoms with E-state index in [-0.39, 0.29) is 5.56 Å². The highest BCUT2D eigenvalue weighted by Gasteiger charge is 2.34. The summed E-state index contributed by atoms with van der Waals surface area (Å²) in [5.74, 6) is 0. The molecule has 2 aromatic carbocycles. The summed E-state index contributed by atoms with van der Waals surface area (Å²) < 4.78 is 42.1. The van der Waals surface area contributed by atoms with E-state index in [9.17, 15) is 13.2 Å². The Morgan fingerprint density at radius 3 is 2.58 bits per heavy atom. The summed E-state index contributed by atoms with van der Waals surface area (Å²) in [5, 5.41) is 1.66. The minimum absolute atomic E-state index is 0.150. The Hall–Kier alpha value is -2.89. The van der Waals surface area contributed by atoms with Crippen molar-refractivity contribution in [2.75, 3.05) is 0 Å². The third kappa shape index (κ3) is 2.14. The Bertz CT molecular complexity index is 1060. The molecule has 0 aliphatic heterocycles. The van der Waals surface area contributed by atoms with Crippen molar-refractivity contribution in [3.63, 3.8) is 0 Å². The first-order chi connectivity index (χ1) is 11.5. The number of nitrogens with zero attached hydrogens (tertiary/aromatic N) is 3. The zero-order chi connectivity index (χ0) is 16.9. The molecule has 4 aromatic rings. The van der Waals surface area contributed by atoms with Gasteiger partial charge in [-0.25, -0.2) is 9.97 Å². The van der Waals surface area contributed by atoms with Crippen LogP contribution in [0.4, 0.5) is 13.2 Å². The van der Waals surface area contributed by atoms with Crippen LogP contribution in [0.25, 0.3) is 32.9 Å². The van der Waals surface area contributed by atoms with E-state index in [1.165, 1.54) is 18.5 Å². The molecule has 0 aliphatic carbocycles. The number of hydrogen-bond donors (Lipinski definition) is 0. The molecule has 0 unspecified atom stereocenters. The maximum absolute atomic E-state index is 13.4. The molecule has 0 saturated carbocycles. The van der Waals surface area contributed by atoms with E-state index in [2.05, 4.69) is 9.97 Å². The molecule has 0 saturated heterocycles. The number of aromatic nitrogens is 3. The third-order valence-electron chi connectivity index (χ3n) is 4.16. The molecule has 0 radical (unpaired) electrons. The summed E-state index contributed by atoms with van der Waals surface area (Å²) in [6, 6.07) is 9.19. The van der Waals surface area contributed by atoms with E-state index < -0.39 is 11.7 Å². The van der Waals surface area contributed by atoms with Gasteiger partial charge in [-0.1, -0.05) is 18.2 Å². The third-order valence-corrected chi connectivity index (χ3v) is 4.16. The highest BCUT2D eigenvalue weighted by atomic mass is 19.4. The van der Waals surface area contributed by atoms with E-state index in [0.717, 1.165) is 22.4 Å². The molecule has 2 heterocycles. The largest absolute Gasteiger partial charge is 0.417 e. The number of fused-ring (bicyclic) bond motifs is 3. The smallest absolute Gasteiger partial charge is 0.350 e. The fraction of sp³-hybridized carbons (Fsp3) is 0.111. The Morgan fingerprint density at radius 1 is 1.00 bits per heavy atom. The van der Waals surface area contributed by atoms with Crippen LogP contribution in [0.15, 0.2) is 55.1 Å². The van der Waals surface area contributed by atoms with Crippen molar-refractivity contribution in [3.8, 4) is 11.1 Å². The molecule has 4 rings (SSSR count). The lowest BCUT2D eigenvalue weighted by Crippen LogP contribution is -2.07. The lowest BCUT2D eigenvalue weighted by Gasteiger charge is -2.15. The van der Waals surface area contributed by atoms with Crippen molar-refractivity contribution >= 4 is 21.8 Å². The number of rotatable bonds is 1. The second-order valence-corrected chi connectivity index (χ2v) is 5.61. The molecule has 0 spiro atoms. The molecule has 120 valence electrons. The molecule has 2 aromatic heterocycles. The lowest BCUT2D eigenvalue weighted by atomic mass is 9.96. The van der Waals surface area contributed by atoms with Crippen LogP contribution in [-0.4, -0.2) is 14.5 Å². The van der Waals surface area contributed by atoms with Crippen LogP contribution in [-0.2, 0) is 13.2 Å². The van der Waals surface area contributed by atoms with Gasteiger partial charge in [0.15, 0.2) is 0 Å². The van der Waals surface area contributed by atoms with Crippen molar-refractivity contribution in [3.05, 3.63) is 60.7 Å². The van der Waals surface area contributed by atoms with Crippen molar-refractivity contribution in [2.24, 2.45) is 7.05 Å². The fourth-order valence-electron chi connectivity index (χ4n) is 3.12. The van der Waals surface area contributed by atoms with Gasteiger partial charge in [-0.05, 0) is 23.8 Å². The van der Waals surface area contributed by atoms with E-state index in [4.69, 9.17) is 0 Å². The van der Waals surface area contributed by atoms with Gasteiger partial charge in [0.2, 0.25) is 0 Å². The molecule has 0 bridgehead atoms. The summed E-state index contributed by atoms with van der Waals surface area (Å²) >= 11 is 0. The van der Waals surface area contributed by atoms with Crippen molar-refractivity contribution in [1.82, 2.24) is 14.5 Å². The molecule has 24 heavy (non-hydrogen) atoms. The Morgan fingerprint density at radius 2 is 1.79 bits per heavy atom. The molecule has 0 N–H and O–H groups in total. The number of benzene rings is 2. The second kappa shape index (κ2) is 5.06. The number of alkyl halides is 3. The lowest BCUT2D eigenvalue weighted by molar-refractivity contribution is -0.137. The maximum Gasteiger partial charge on any atom is 0.417 e. The predicted molar refractivity (Wildman–Crippen MR) is 86.5 cm³/mol. The predicted octanol–water partition coefficient (Wildman–Crippen LogP) is 4.81. The Kier molecular flexibility index (Phi) is 3.09. The first-order valence-electron chi connectivity index (χ1n) is 7.31. The zero-order valence-corrected chi connectivity index (χ0v) is 12.7. The summed E-state index contributed by atoms with van der Waals surface area (Å²) in [6.07, 6.45) is 0.492. The molecule has 3 nitrogen and oxygen atoms in total. The van der Waals surface area contributed by atoms with Gasteiger partial charge < -0.3 is 4.57 Å². The van der Waals surface area contributed by atoms with Gasteiger partial charge in [-0.2, -0.15) is 13.2 Å². The first kappa shape index (κ1) is 14.7. The van der Waals surface area contributed by atoms with Gasteiger partial charge in [-0.15, -0.1) is 0 Å². The van der Waals surface area contributed by atoms with Gasteiger partial charge in [0.05, 0.1) is 16.6 Å². The highest BCUT2D eigenvalue weighted by molar-refractivity contribution is 6.11. The Labute approximate surface area is 135 Å². The van der Waals surface area contributed by atoms with Crippen LogP contribution < -0.4 is 0 Å². The molecule has 0 aliphatic rings. The van der Waals surface area contributed by atoms with E-state index >= 15 is 0 Å². The minimum Gasteiger partial charge on any atom is -0.350 e. The SMILES string of the molecule is Cn1ccc2c3cncnc3cc(-c3ccccc3C(F)(F)F)c21. The topological polar surface area (TPSA) is 30.7 Å². The standard InChI is InChI=1S/C18H12F3N3/c1-24-7-6-12-14-9-22-10-23-16(14)8-13(17(12)24)11-4-2-3-5-15(11)18(19,20)21/h2-10H,1H3. The average molecular weight is 327 g/mol. The molecule has 0 fully saturated rings. The zero-order valence-electron chi connectivity index (χ0n) is 12.7. The summed E-state index contributed by atoms with van der Waals surface area (Å²) in [5.41, 5.74) is 1.36. The minimum atomic E-state index is -4.42. The van der Waals surface area contributed by atoms with Gasteiger partial charge in [0.25, 0.3) is 0 Å². The van der Waals surface area contributed by atoms with E-state index in [0.29, 0.717) is 11.1 Å². The molecular weight excluding hydrogens is 315 g/mol. The quantitative estimate of drug-likeness (QED) is 0.502. The molecule has 0 amide bonds. The van der Waals surface area contributed by atoms with Gasteiger partial charge in [-0.3, -0.25) is 0 Å². The highest BCUT2D eigenvalue weighted by Crippen LogP contribution is 2.41. The van der Waals surface area contributed by atoms with Crippen LogP contribution in [0.3, 0.4) is 0 Å². The van der Waals surface area contributed by atoms with Crippen LogP contribution in [0.5, 0.6) is 0 Å². The van der Waals surface area contributed by atoms with Gasteiger partial charge in [0.1, 0.15) is 6.33 Å². The monoisotopic (exact) mass is 327 g/mol. The van der Waals surface area contributed by atoms with Crippen molar-refractivity contribution < 1.29 is 13.2 Å². The normalized spacial score (nSPS) is 12.2. The summed E-state index contributed by atoms with van der Waals surface area (Å²) in [6.45, 7) is 0. The average Bonchev–Trinajstić information content (AvgIpc) is 2.96. The van der Waals surface area contributed by atoms with E-state index in [1.807, 2.05) is 23.9 Å². The van der Waals surface area contributed by atoms with Crippen molar-refractivity contribution in [2.45, 2.75) is 6.18 Å². The van der Waals surface area contributed by atoms with Gasteiger partial charge >= 0.3 is 6.18 Å². The van der Waals surface area contributed by atoms with Crippen LogP contribution >= 0.6 is 0 Å². The number of hydrogen-bond acceptors (Lipinski definition) is 2. The second-order valence-electron chi connectivity index (χ2n) is 5.61. The van der Waals surface area contributed by atoms with E-state index in [1.54, 1.807) is 18.3 Å². The van der Waals surface area contributed by atoms with Gasteiger partial charge in [0, 0.05) is 35.8 Å². The molecular formula is C18H12F3N3. The summed E-state index contributed by atoms with van der Waals surface area (Å²) in [7, 11) is 1.82. The number of halogens is 3. The molecule has 6 heteroatoms. The van der Waals surface area contributed by atoms with Crippen LogP contribution in [0, 0.1) is 0 Å². The Balaban J connectivity index is 2.16. The maximum atomic E-state index is 13.4. The molecule has 0 atom stereocenters. The fourth-order valence-corrected chi connectivity index (χ4v) is 3.12. The summed E-state index contributed by atoms with van der Waals surface area (Å²) in [4.78, 5) is 8.25.